The molecule has 0 aromatic heterocycles. The summed E-state index contributed by atoms with van der Waals surface area (Å²) in [4.78, 5) is 37.7. The van der Waals surface area contributed by atoms with Crippen LogP contribution in [0.3, 0.4) is 0 Å². The number of esters is 1. The van der Waals surface area contributed by atoms with Gasteiger partial charge < -0.3 is 14.6 Å². The van der Waals surface area contributed by atoms with Crippen molar-refractivity contribution in [3.05, 3.63) is 22.5 Å². The molecule has 1 saturated carbocycles. The van der Waals surface area contributed by atoms with E-state index >= 15 is 0 Å². The van der Waals surface area contributed by atoms with Gasteiger partial charge in [-0.3, -0.25) is 14.4 Å². The summed E-state index contributed by atoms with van der Waals surface area (Å²) >= 11 is 0. The third kappa shape index (κ3) is 3.25. The highest BCUT2D eigenvalue weighted by atomic mass is 16.5. The van der Waals surface area contributed by atoms with Crippen LogP contribution in [0.25, 0.3) is 0 Å². The fourth-order valence-corrected chi connectivity index (χ4v) is 5.95. The van der Waals surface area contributed by atoms with Crippen LogP contribution in [0.2, 0.25) is 0 Å². The number of rotatable bonds is 4. The van der Waals surface area contributed by atoms with Crippen molar-refractivity contribution in [2.75, 3.05) is 13.7 Å². The van der Waals surface area contributed by atoms with Gasteiger partial charge in [-0.1, -0.05) is 34.1 Å². The van der Waals surface area contributed by atoms with Crippen molar-refractivity contribution in [3.63, 3.8) is 0 Å². The first-order valence-electron chi connectivity index (χ1n) is 10.4. The third-order valence-electron chi connectivity index (χ3n) is 7.32. The van der Waals surface area contributed by atoms with E-state index in [1.54, 1.807) is 21.0 Å². The van der Waals surface area contributed by atoms with Crippen LogP contribution in [-0.2, 0) is 23.9 Å². The van der Waals surface area contributed by atoms with Crippen molar-refractivity contribution in [1.29, 1.82) is 0 Å². The molecule has 0 bridgehead atoms. The van der Waals surface area contributed by atoms with Crippen LogP contribution in [0.5, 0.6) is 0 Å². The second-order valence-corrected chi connectivity index (χ2v) is 9.58. The minimum absolute atomic E-state index is 0.0167. The molecular weight excluding hydrogens is 372 g/mol. The number of hydrogen-bond donors (Lipinski definition) is 1. The van der Waals surface area contributed by atoms with Crippen molar-refractivity contribution in [1.82, 2.24) is 0 Å². The van der Waals surface area contributed by atoms with E-state index in [4.69, 9.17) is 9.47 Å². The zero-order valence-corrected chi connectivity index (χ0v) is 18.3. The van der Waals surface area contributed by atoms with Crippen LogP contribution in [0, 0.1) is 22.7 Å². The molecule has 29 heavy (non-hydrogen) atoms. The molecule has 3 rings (SSSR count). The molecule has 0 aliphatic heterocycles. The van der Waals surface area contributed by atoms with E-state index in [1.165, 1.54) is 6.92 Å². The van der Waals surface area contributed by atoms with Gasteiger partial charge in [0, 0.05) is 41.6 Å². The summed E-state index contributed by atoms with van der Waals surface area (Å²) in [5, 5.41) is 11.0. The Balaban J connectivity index is 2.19. The molecule has 160 valence electrons. The van der Waals surface area contributed by atoms with E-state index in [0.29, 0.717) is 17.6 Å². The van der Waals surface area contributed by atoms with Gasteiger partial charge in [-0.05, 0) is 31.1 Å². The molecule has 0 saturated heterocycles. The van der Waals surface area contributed by atoms with Crippen molar-refractivity contribution < 1.29 is 29.0 Å². The summed E-state index contributed by atoms with van der Waals surface area (Å²) in [6, 6.07) is 0. The maximum atomic E-state index is 13.3. The lowest BCUT2D eigenvalue weighted by Gasteiger charge is -2.57. The van der Waals surface area contributed by atoms with Crippen molar-refractivity contribution >= 4 is 17.5 Å². The highest BCUT2D eigenvalue weighted by molar-refractivity contribution is 6.50. The Bertz CT molecular complexity index is 819. The first-order chi connectivity index (χ1) is 13.5. The number of carbonyl (C=O) groups is 3. The van der Waals surface area contributed by atoms with Crippen molar-refractivity contribution in [3.8, 4) is 0 Å². The fourth-order valence-electron chi connectivity index (χ4n) is 5.95. The second-order valence-electron chi connectivity index (χ2n) is 9.58. The second kappa shape index (κ2) is 7.38. The third-order valence-corrected chi connectivity index (χ3v) is 7.32. The lowest BCUT2D eigenvalue weighted by molar-refractivity contribution is -0.151. The number of carbonyl (C=O) groups excluding carboxylic acids is 3. The van der Waals surface area contributed by atoms with Crippen LogP contribution in [0.1, 0.15) is 60.3 Å². The molecule has 0 unspecified atom stereocenters. The maximum Gasteiger partial charge on any atom is 0.302 e. The van der Waals surface area contributed by atoms with Crippen molar-refractivity contribution in [2.45, 2.75) is 66.4 Å². The topological polar surface area (TPSA) is 89.9 Å². The van der Waals surface area contributed by atoms with Crippen LogP contribution >= 0.6 is 0 Å². The normalized spacial score (nSPS) is 35.0. The van der Waals surface area contributed by atoms with Gasteiger partial charge >= 0.3 is 5.97 Å². The Morgan fingerprint density at radius 1 is 1.21 bits per heavy atom. The van der Waals surface area contributed by atoms with Gasteiger partial charge in [-0.15, -0.1) is 0 Å². The lowest BCUT2D eigenvalue weighted by atomic mass is 9.48. The first-order valence-corrected chi connectivity index (χ1v) is 10.4. The zero-order valence-electron chi connectivity index (χ0n) is 18.3. The van der Waals surface area contributed by atoms with Gasteiger partial charge in [0.25, 0.3) is 0 Å². The van der Waals surface area contributed by atoms with Gasteiger partial charge in [-0.2, -0.15) is 0 Å². The van der Waals surface area contributed by atoms with Crippen LogP contribution in [0.15, 0.2) is 22.5 Å². The molecule has 0 amide bonds. The van der Waals surface area contributed by atoms with Gasteiger partial charge in [0.15, 0.2) is 0 Å². The number of fused-ring (bicyclic) bond motifs is 2. The maximum absolute atomic E-state index is 13.3. The minimum atomic E-state index is -0.611. The average molecular weight is 405 g/mol. The fraction of sp³-hybridized carbons (Fsp3) is 0.696. The summed E-state index contributed by atoms with van der Waals surface area (Å²) in [5.74, 6) is -1.82. The van der Waals surface area contributed by atoms with Crippen LogP contribution in [0.4, 0.5) is 0 Å². The lowest BCUT2D eigenvalue weighted by Crippen LogP contribution is -2.55. The summed E-state index contributed by atoms with van der Waals surface area (Å²) < 4.78 is 11.1. The molecule has 6 nitrogen and oxygen atoms in total. The Morgan fingerprint density at radius 3 is 2.41 bits per heavy atom. The SMILES string of the molecule is CO[C@@H]1C[C@@H]2[C@@](C)(COC(C)=O)CCC[C@]2(C)C2=C1C(O)=C(C(C)C)C(=O)C2=O. The Morgan fingerprint density at radius 2 is 1.86 bits per heavy atom. The molecule has 1 N–H and O–H groups in total. The summed E-state index contributed by atoms with van der Waals surface area (Å²) in [6.45, 7) is 9.36. The number of hydrogen-bond acceptors (Lipinski definition) is 6. The van der Waals surface area contributed by atoms with E-state index in [1.807, 2.05) is 6.92 Å². The molecule has 0 spiro atoms. The van der Waals surface area contributed by atoms with Crippen molar-refractivity contribution in [2.24, 2.45) is 22.7 Å². The molecule has 1 fully saturated rings. The van der Waals surface area contributed by atoms with E-state index in [-0.39, 0.29) is 41.2 Å². The Labute approximate surface area is 172 Å². The Hall–Kier alpha value is -1.95. The van der Waals surface area contributed by atoms with Gasteiger partial charge in [-0.25, -0.2) is 0 Å². The molecule has 3 aliphatic carbocycles. The van der Waals surface area contributed by atoms with Crippen LogP contribution < -0.4 is 0 Å². The highest BCUT2D eigenvalue weighted by Gasteiger charge is 2.59. The monoisotopic (exact) mass is 404 g/mol. The summed E-state index contributed by atoms with van der Waals surface area (Å²) in [5.41, 5.74) is 0.143. The average Bonchev–Trinajstić information content (AvgIpc) is 2.63. The van der Waals surface area contributed by atoms with Gasteiger partial charge in [0.2, 0.25) is 11.6 Å². The van der Waals surface area contributed by atoms with E-state index in [0.717, 1.165) is 19.3 Å². The van der Waals surface area contributed by atoms with Crippen LogP contribution in [-0.4, -0.2) is 42.5 Å². The van der Waals surface area contributed by atoms with Gasteiger partial charge in [0.05, 0.1) is 12.7 Å². The number of aliphatic hydroxyl groups excluding tert-OH is 1. The quantitative estimate of drug-likeness (QED) is 0.437. The Kier molecular flexibility index (Phi) is 5.54. The smallest absolute Gasteiger partial charge is 0.302 e. The number of Topliss-reactive ketones (excluding diaryl/α,β-unsaturated/α-hetero) is 2. The molecule has 0 radical (unpaired) electrons. The van der Waals surface area contributed by atoms with E-state index in [9.17, 15) is 19.5 Å². The predicted octanol–water partition coefficient (Wildman–Crippen LogP) is 3.70. The molecule has 3 aliphatic rings. The summed E-state index contributed by atoms with van der Waals surface area (Å²) in [6.07, 6.45) is 2.57. The molecule has 0 heterocycles. The first kappa shape index (κ1) is 21.8. The number of methoxy groups -OCH3 is 1. The summed E-state index contributed by atoms with van der Waals surface area (Å²) in [7, 11) is 1.56. The number of ketones is 2. The van der Waals surface area contributed by atoms with E-state index in [2.05, 4.69) is 6.92 Å². The zero-order chi connectivity index (χ0) is 21.7. The molecule has 6 heteroatoms. The highest BCUT2D eigenvalue weighted by Crippen LogP contribution is 2.61. The number of allylic oxidation sites excluding steroid dienone is 2. The standard InChI is InChI=1S/C23H32O6/c1-12(2)16-19(25)17-14(28-6)10-15-22(4,11-29-13(3)24)8-7-9-23(15,5)18(17)21(27)20(16)26/h12,14-15,25H,7-11H2,1-6H3/t14-,15-,22-,23+/m1/s1. The molecule has 4 atom stereocenters. The van der Waals surface area contributed by atoms with E-state index < -0.39 is 23.1 Å². The number of aliphatic hydroxyl groups is 1. The molecule has 0 aromatic carbocycles. The predicted molar refractivity (Wildman–Crippen MR) is 107 cm³/mol. The number of ether oxygens (including phenoxy) is 2. The molecular formula is C23H32O6. The molecule has 0 aromatic rings. The largest absolute Gasteiger partial charge is 0.507 e. The van der Waals surface area contributed by atoms with Gasteiger partial charge in [0.1, 0.15) is 5.76 Å². The minimum Gasteiger partial charge on any atom is -0.507 e.